The molecule has 5 nitrogen and oxygen atoms in total. The fourth-order valence-electron chi connectivity index (χ4n) is 3.14. The molecule has 1 aliphatic rings. The van der Waals surface area contributed by atoms with Gasteiger partial charge in [0.1, 0.15) is 12.2 Å². The molecule has 19 heavy (non-hydrogen) atoms. The van der Waals surface area contributed by atoms with Crippen LogP contribution in [0.2, 0.25) is 0 Å². The predicted molar refractivity (Wildman–Crippen MR) is 72.8 cm³/mol. The second-order valence-electron chi connectivity index (χ2n) is 5.36. The second-order valence-corrected chi connectivity index (χ2v) is 5.36. The van der Waals surface area contributed by atoms with E-state index in [1.54, 1.807) is 13.4 Å². The van der Waals surface area contributed by atoms with Crippen LogP contribution in [0.5, 0.6) is 0 Å². The molecule has 1 fully saturated rings. The molecule has 2 rings (SSSR count). The molecule has 1 heterocycles. The second kappa shape index (κ2) is 7.01. The monoisotopic (exact) mass is 267 g/mol. The van der Waals surface area contributed by atoms with Crippen LogP contribution in [0.25, 0.3) is 0 Å². The summed E-state index contributed by atoms with van der Waals surface area (Å²) in [6.07, 6.45) is 7.63. The summed E-state index contributed by atoms with van der Waals surface area (Å²) in [7, 11) is 1.70. The summed E-state index contributed by atoms with van der Waals surface area (Å²) in [5.74, 6) is 1.32. The Kier molecular flexibility index (Phi) is 5.34. The summed E-state index contributed by atoms with van der Waals surface area (Å²) in [6.45, 7) is 2.81. The molecule has 0 spiro atoms. The lowest BCUT2D eigenvalue weighted by Gasteiger charge is -2.32. The van der Waals surface area contributed by atoms with Crippen molar-refractivity contribution in [2.24, 2.45) is 5.92 Å². The summed E-state index contributed by atoms with van der Waals surface area (Å²) in [5.41, 5.74) is 0. The lowest BCUT2D eigenvalue weighted by Crippen LogP contribution is -2.38. The van der Waals surface area contributed by atoms with Crippen LogP contribution < -0.4 is 0 Å². The molecule has 0 amide bonds. The molecule has 0 aromatic carbocycles. The number of aromatic nitrogens is 3. The van der Waals surface area contributed by atoms with E-state index in [4.69, 9.17) is 4.74 Å². The summed E-state index contributed by atoms with van der Waals surface area (Å²) >= 11 is 0. The van der Waals surface area contributed by atoms with Gasteiger partial charge >= 0.3 is 0 Å². The number of hydrogen-bond donors (Lipinski definition) is 1. The van der Waals surface area contributed by atoms with Gasteiger partial charge in [0.15, 0.2) is 0 Å². The third-order valence-electron chi connectivity index (χ3n) is 4.15. The van der Waals surface area contributed by atoms with Gasteiger partial charge in [-0.25, -0.2) is 4.98 Å². The topological polar surface area (TPSA) is 60.2 Å². The molecule has 0 radical (unpaired) electrons. The van der Waals surface area contributed by atoms with Gasteiger partial charge in [-0.15, -0.1) is 0 Å². The van der Waals surface area contributed by atoms with Crippen molar-refractivity contribution in [2.75, 3.05) is 7.11 Å². The number of methoxy groups -OCH3 is 1. The largest absolute Gasteiger partial charge is 0.390 e. The van der Waals surface area contributed by atoms with E-state index in [0.29, 0.717) is 12.3 Å². The Morgan fingerprint density at radius 2 is 2.16 bits per heavy atom. The molecule has 1 aliphatic carbocycles. The van der Waals surface area contributed by atoms with Gasteiger partial charge in [0.25, 0.3) is 0 Å². The van der Waals surface area contributed by atoms with Gasteiger partial charge < -0.3 is 9.84 Å². The van der Waals surface area contributed by atoms with Crippen molar-refractivity contribution in [3.8, 4) is 0 Å². The number of ether oxygens (including phenoxy) is 1. The molecule has 108 valence electrons. The van der Waals surface area contributed by atoms with Gasteiger partial charge in [-0.2, -0.15) is 5.10 Å². The molecule has 2 unspecified atom stereocenters. The van der Waals surface area contributed by atoms with Crippen LogP contribution in [0, 0.1) is 5.92 Å². The Bertz CT molecular complexity index is 375. The highest BCUT2D eigenvalue weighted by atomic mass is 16.5. The fourth-order valence-corrected chi connectivity index (χ4v) is 3.14. The molecule has 1 N–H and O–H groups in total. The average Bonchev–Trinajstić information content (AvgIpc) is 2.88. The third kappa shape index (κ3) is 3.54. The van der Waals surface area contributed by atoms with E-state index >= 15 is 0 Å². The van der Waals surface area contributed by atoms with E-state index in [1.165, 1.54) is 19.3 Å². The molecule has 2 atom stereocenters. The van der Waals surface area contributed by atoms with Gasteiger partial charge in [-0.1, -0.05) is 19.3 Å². The van der Waals surface area contributed by atoms with Crippen LogP contribution in [0.1, 0.15) is 44.9 Å². The smallest absolute Gasteiger partial charge is 0.138 e. The van der Waals surface area contributed by atoms with E-state index in [2.05, 4.69) is 10.1 Å². The first kappa shape index (κ1) is 14.5. The van der Waals surface area contributed by atoms with Gasteiger partial charge in [0.2, 0.25) is 0 Å². The lowest BCUT2D eigenvalue weighted by atomic mass is 9.82. The summed E-state index contributed by atoms with van der Waals surface area (Å²) in [6, 6.07) is 0. The highest BCUT2D eigenvalue weighted by Gasteiger charge is 2.30. The van der Waals surface area contributed by atoms with Crippen molar-refractivity contribution in [3.63, 3.8) is 0 Å². The van der Waals surface area contributed by atoms with Crippen molar-refractivity contribution in [1.82, 2.24) is 14.8 Å². The van der Waals surface area contributed by atoms with Crippen molar-refractivity contribution in [2.45, 2.75) is 64.2 Å². The molecule has 0 saturated heterocycles. The standard InChI is InChI=1S/C14H25N3O2/c1-3-17-13(15-10-16-17)9-12(18)14(19-2)11-7-5-4-6-8-11/h10-12,14,18H,3-9H2,1-2H3. The quantitative estimate of drug-likeness (QED) is 0.853. The van der Waals surface area contributed by atoms with E-state index in [0.717, 1.165) is 25.2 Å². The van der Waals surface area contributed by atoms with Crippen LogP contribution in [0.15, 0.2) is 6.33 Å². The van der Waals surface area contributed by atoms with Crippen molar-refractivity contribution in [1.29, 1.82) is 0 Å². The first-order chi connectivity index (χ1) is 9.26. The minimum Gasteiger partial charge on any atom is -0.390 e. The van der Waals surface area contributed by atoms with Crippen LogP contribution in [0.3, 0.4) is 0 Å². The zero-order valence-electron chi connectivity index (χ0n) is 12.0. The highest BCUT2D eigenvalue weighted by molar-refractivity contribution is 4.91. The van der Waals surface area contributed by atoms with Crippen molar-refractivity contribution >= 4 is 0 Å². The summed E-state index contributed by atoms with van der Waals surface area (Å²) in [4.78, 5) is 4.23. The van der Waals surface area contributed by atoms with E-state index in [-0.39, 0.29) is 6.10 Å². The number of hydrogen-bond acceptors (Lipinski definition) is 4. The summed E-state index contributed by atoms with van der Waals surface area (Å²) in [5, 5.41) is 14.6. The summed E-state index contributed by atoms with van der Waals surface area (Å²) < 4.78 is 7.40. The third-order valence-corrected chi connectivity index (χ3v) is 4.15. The number of aryl methyl sites for hydroxylation is 1. The van der Waals surface area contributed by atoms with Crippen LogP contribution in [0.4, 0.5) is 0 Å². The number of rotatable bonds is 6. The SMILES string of the molecule is CCn1ncnc1CC(O)C(OC)C1CCCCC1. The first-order valence-electron chi connectivity index (χ1n) is 7.33. The maximum Gasteiger partial charge on any atom is 0.138 e. The Morgan fingerprint density at radius 3 is 2.79 bits per heavy atom. The number of aliphatic hydroxyl groups excluding tert-OH is 1. The van der Waals surface area contributed by atoms with Crippen LogP contribution >= 0.6 is 0 Å². The van der Waals surface area contributed by atoms with Crippen molar-refractivity contribution < 1.29 is 9.84 Å². The van der Waals surface area contributed by atoms with Gasteiger partial charge in [0.05, 0.1) is 12.2 Å². The average molecular weight is 267 g/mol. The number of aliphatic hydroxyl groups is 1. The van der Waals surface area contributed by atoms with Gasteiger partial charge in [-0.05, 0) is 25.7 Å². The van der Waals surface area contributed by atoms with E-state index < -0.39 is 6.10 Å². The van der Waals surface area contributed by atoms with Crippen LogP contribution in [-0.4, -0.2) is 39.2 Å². The van der Waals surface area contributed by atoms with Crippen molar-refractivity contribution in [3.05, 3.63) is 12.2 Å². The zero-order valence-corrected chi connectivity index (χ0v) is 12.0. The van der Waals surface area contributed by atoms with Crippen LogP contribution in [-0.2, 0) is 17.7 Å². The Labute approximate surface area is 115 Å². The Hall–Kier alpha value is -0.940. The minimum atomic E-state index is -0.498. The molecule has 5 heteroatoms. The van der Waals surface area contributed by atoms with Gasteiger partial charge in [-0.3, -0.25) is 4.68 Å². The first-order valence-corrected chi connectivity index (χ1v) is 7.33. The minimum absolute atomic E-state index is 0.0812. The Balaban J connectivity index is 1.98. The number of nitrogens with zero attached hydrogens (tertiary/aromatic N) is 3. The van der Waals surface area contributed by atoms with E-state index in [1.807, 2.05) is 11.6 Å². The predicted octanol–water partition coefficient (Wildman–Crippen LogP) is 1.80. The maximum absolute atomic E-state index is 10.4. The van der Waals surface area contributed by atoms with E-state index in [9.17, 15) is 5.11 Å². The zero-order chi connectivity index (χ0) is 13.7. The fraction of sp³-hybridized carbons (Fsp3) is 0.857. The maximum atomic E-state index is 10.4. The molecule has 0 bridgehead atoms. The molecule has 0 aliphatic heterocycles. The normalized spacial score (nSPS) is 20.4. The highest BCUT2D eigenvalue weighted by Crippen LogP contribution is 2.29. The molecule has 1 aromatic rings. The molecular weight excluding hydrogens is 242 g/mol. The van der Waals surface area contributed by atoms with Gasteiger partial charge in [0, 0.05) is 20.1 Å². The lowest BCUT2D eigenvalue weighted by molar-refractivity contribution is -0.0545. The molecule has 1 aromatic heterocycles. The molecule has 1 saturated carbocycles. The Morgan fingerprint density at radius 1 is 1.42 bits per heavy atom. The molecular formula is C14H25N3O2.